The van der Waals surface area contributed by atoms with Crippen molar-refractivity contribution in [2.24, 2.45) is 5.92 Å². The fourth-order valence-corrected chi connectivity index (χ4v) is 4.40. The Hall–Kier alpha value is -2.14. The number of nitrogens with one attached hydrogen (secondary N) is 1. The molecule has 0 aliphatic heterocycles. The summed E-state index contributed by atoms with van der Waals surface area (Å²) in [6, 6.07) is 7.05. The summed E-state index contributed by atoms with van der Waals surface area (Å²) < 4.78 is 0. The number of fused-ring (bicyclic) bond motifs is 3. The van der Waals surface area contributed by atoms with Crippen molar-refractivity contribution in [3.05, 3.63) is 41.0 Å². The normalized spacial score (nSPS) is 17.4. The number of rotatable bonds is 2. The molecule has 1 unspecified atom stereocenters. The number of aromatic nitrogens is 2. The Morgan fingerprint density at radius 3 is 2.86 bits per heavy atom. The van der Waals surface area contributed by atoms with Crippen LogP contribution in [0.25, 0.3) is 10.2 Å². The van der Waals surface area contributed by atoms with Gasteiger partial charge in [0.05, 0.1) is 5.39 Å². The molecule has 0 amide bonds. The van der Waals surface area contributed by atoms with Gasteiger partial charge in [-0.2, -0.15) is 0 Å². The topological polar surface area (TPSA) is 58.0 Å². The van der Waals surface area contributed by atoms with E-state index >= 15 is 0 Å². The Morgan fingerprint density at radius 1 is 1.23 bits per heavy atom. The molecule has 0 saturated heterocycles. The average molecular weight is 311 g/mol. The van der Waals surface area contributed by atoms with Gasteiger partial charge >= 0.3 is 0 Å². The third-order valence-corrected chi connectivity index (χ3v) is 5.38. The van der Waals surface area contributed by atoms with Crippen LogP contribution < -0.4 is 5.32 Å². The second-order valence-electron chi connectivity index (χ2n) is 5.93. The first-order valence-corrected chi connectivity index (χ1v) is 8.33. The van der Waals surface area contributed by atoms with Gasteiger partial charge in [0.2, 0.25) is 0 Å². The van der Waals surface area contributed by atoms with Crippen LogP contribution in [0.3, 0.4) is 0 Å². The van der Waals surface area contributed by atoms with E-state index in [0.29, 0.717) is 0 Å². The molecule has 4 rings (SSSR count). The van der Waals surface area contributed by atoms with E-state index in [1.807, 2.05) is 12.1 Å². The van der Waals surface area contributed by atoms with E-state index in [-0.39, 0.29) is 5.75 Å². The molecule has 0 saturated carbocycles. The summed E-state index contributed by atoms with van der Waals surface area (Å²) in [6.45, 7) is 2.31. The molecule has 4 nitrogen and oxygen atoms in total. The van der Waals surface area contributed by atoms with Gasteiger partial charge in [0, 0.05) is 10.6 Å². The number of phenols is 1. The summed E-state index contributed by atoms with van der Waals surface area (Å²) in [5.41, 5.74) is 2.34. The summed E-state index contributed by atoms with van der Waals surface area (Å²) in [5, 5.41) is 13.9. The van der Waals surface area contributed by atoms with Crippen molar-refractivity contribution in [3.8, 4) is 5.75 Å². The molecule has 1 aliphatic rings. The SMILES string of the molecule is CC1CCc2c(sc3ncnc(Nc4ccc(O)cc4)c23)C1. The zero-order valence-corrected chi connectivity index (χ0v) is 13.2. The van der Waals surface area contributed by atoms with Gasteiger partial charge < -0.3 is 10.4 Å². The van der Waals surface area contributed by atoms with Crippen molar-refractivity contribution in [2.75, 3.05) is 5.32 Å². The van der Waals surface area contributed by atoms with Gasteiger partial charge in [-0.1, -0.05) is 6.92 Å². The van der Waals surface area contributed by atoms with Crippen LogP contribution >= 0.6 is 11.3 Å². The quantitative estimate of drug-likeness (QED) is 0.694. The number of nitrogens with zero attached hydrogens (tertiary/aromatic N) is 2. The number of benzene rings is 1. The molecule has 1 atom stereocenters. The van der Waals surface area contributed by atoms with Gasteiger partial charge in [-0.25, -0.2) is 9.97 Å². The Bertz CT molecular complexity index is 826. The minimum absolute atomic E-state index is 0.264. The van der Waals surface area contributed by atoms with Gasteiger partial charge in [0.15, 0.2) is 0 Å². The zero-order valence-electron chi connectivity index (χ0n) is 12.3. The molecule has 112 valence electrons. The van der Waals surface area contributed by atoms with Gasteiger partial charge in [0.25, 0.3) is 0 Å². The summed E-state index contributed by atoms with van der Waals surface area (Å²) in [5.74, 6) is 1.88. The van der Waals surface area contributed by atoms with E-state index in [4.69, 9.17) is 0 Å². The molecule has 5 heteroatoms. The van der Waals surface area contributed by atoms with E-state index in [1.165, 1.54) is 22.2 Å². The van der Waals surface area contributed by atoms with Gasteiger partial charge in [-0.3, -0.25) is 0 Å². The highest BCUT2D eigenvalue weighted by molar-refractivity contribution is 7.19. The van der Waals surface area contributed by atoms with Crippen LogP contribution in [0.4, 0.5) is 11.5 Å². The first-order valence-electron chi connectivity index (χ1n) is 7.52. The Labute approximate surface area is 132 Å². The average Bonchev–Trinajstić information content (AvgIpc) is 2.88. The van der Waals surface area contributed by atoms with Crippen molar-refractivity contribution in [1.82, 2.24) is 9.97 Å². The number of hydrogen-bond acceptors (Lipinski definition) is 5. The number of anilines is 2. The molecule has 3 aromatic rings. The van der Waals surface area contributed by atoms with Crippen molar-refractivity contribution >= 4 is 33.1 Å². The van der Waals surface area contributed by atoms with Crippen LogP contribution in [0.5, 0.6) is 5.75 Å². The van der Waals surface area contributed by atoms with E-state index in [9.17, 15) is 5.11 Å². The maximum absolute atomic E-state index is 9.39. The van der Waals surface area contributed by atoms with E-state index in [1.54, 1.807) is 29.8 Å². The third-order valence-electron chi connectivity index (χ3n) is 4.22. The Kier molecular flexibility index (Phi) is 3.22. The molecule has 0 bridgehead atoms. The maximum atomic E-state index is 9.39. The van der Waals surface area contributed by atoms with Gasteiger partial charge in [0.1, 0.15) is 22.7 Å². The minimum Gasteiger partial charge on any atom is -0.508 e. The predicted molar refractivity (Wildman–Crippen MR) is 90.0 cm³/mol. The summed E-state index contributed by atoms with van der Waals surface area (Å²) in [6.07, 6.45) is 5.10. The lowest BCUT2D eigenvalue weighted by atomic mass is 9.89. The van der Waals surface area contributed by atoms with Gasteiger partial charge in [-0.05, 0) is 55.0 Å². The number of aromatic hydroxyl groups is 1. The molecule has 22 heavy (non-hydrogen) atoms. The number of phenolic OH excluding ortho intramolecular Hbond substituents is 1. The van der Waals surface area contributed by atoms with Crippen molar-refractivity contribution in [1.29, 1.82) is 0 Å². The van der Waals surface area contributed by atoms with E-state index in [2.05, 4.69) is 22.2 Å². The maximum Gasteiger partial charge on any atom is 0.142 e. The van der Waals surface area contributed by atoms with Crippen molar-refractivity contribution < 1.29 is 5.11 Å². The fraction of sp³-hybridized carbons (Fsp3) is 0.294. The lowest BCUT2D eigenvalue weighted by Gasteiger charge is -2.18. The Balaban J connectivity index is 1.79. The molecule has 0 radical (unpaired) electrons. The fourth-order valence-electron chi connectivity index (χ4n) is 3.05. The van der Waals surface area contributed by atoms with Crippen LogP contribution in [-0.4, -0.2) is 15.1 Å². The number of thiophene rings is 1. The van der Waals surface area contributed by atoms with Crippen LogP contribution in [0.2, 0.25) is 0 Å². The third kappa shape index (κ3) is 2.31. The Morgan fingerprint density at radius 2 is 2.05 bits per heavy atom. The van der Waals surface area contributed by atoms with Crippen LogP contribution in [0, 0.1) is 5.92 Å². The zero-order chi connectivity index (χ0) is 15.1. The second-order valence-corrected chi connectivity index (χ2v) is 7.01. The monoisotopic (exact) mass is 311 g/mol. The molecule has 2 heterocycles. The largest absolute Gasteiger partial charge is 0.508 e. The molecule has 0 spiro atoms. The summed E-state index contributed by atoms with van der Waals surface area (Å²) >= 11 is 1.80. The van der Waals surface area contributed by atoms with E-state index < -0.39 is 0 Å². The number of aryl methyl sites for hydroxylation is 1. The smallest absolute Gasteiger partial charge is 0.142 e. The van der Waals surface area contributed by atoms with Crippen LogP contribution in [0.15, 0.2) is 30.6 Å². The summed E-state index contributed by atoms with van der Waals surface area (Å²) in [4.78, 5) is 11.4. The summed E-state index contributed by atoms with van der Waals surface area (Å²) in [7, 11) is 0. The molecule has 1 aromatic carbocycles. The van der Waals surface area contributed by atoms with Crippen molar-refractivity contribution in [3.63, 3.8) is 0 Å². The molecule has 2 N–H and O–H groups in total. The first kappa shape index (κ1) is 13.5. The lowest BCUT2D eigenvalue weighted by molar-refractivity contribution is 0.475. The van der Waals surface area contributed by atoms with Crippen LogP contribution in [-0.2, 0) is 12.8 Å². The van der Waals surface area contributed by atoms with E-state index in [0.717, 1.165) is 35.1 Å². The van der Waals surface area contributed by atoms with Crippen molar-refractivity contribution in [2.45, 2.75) is 26.2 Å². The predicted octanol–water partition coefficient (Wildman–Crippen LogP) is 4.27. The minimum atomic E-state index is 0.264. The molecule has 0 fully saturated rings. The van der Waals surface area contributed by atoms with Gasteiger partial charge in [-0.15, -0.1) is 11.3 Å². The highest BCUT2D eigenvalue weighted by Crippen LogP contribution is 2.40. The highest BCUT2D eigenvalue weighted by Gasteiger charge is 2.23. The van der Waals surface area contributed by atoms with Crippen LogP contribution in [0.1, 0.15) is 23.8 Å². The molecule has 2 aromatic heterocycles. The molecular formula is C17H17N3OS. The molecule has 1 aliphatic carbocycles. The molecular weight excluding hydrogens is 294 g/mol. The number of hydrogen-bond donors (Lipinski definition) is 2. The second kappa shape index (κ2) is 5.25. The first-order chi connectivity index (χ1) is 10.7. The highest BCUT2D eigenvalue weighted by atomic mass is 32.1. The lowest BCUT2D eigenvalue weighted by Crippen LogP contribution is -2.09. The standard InChI is InChI=1S/C17H17N3OS/c1-10-2-7-13-14(8-10)22-17-15(13)16(18-9-19-17)20-11-3-5-12(21)6-4-11/h3-6,9-10,21H,2,7-8H2,1H3,(H,18,19,20).